The smallest absolute Gasteiger partial charge is 0.0998 e. The van der Waals surface area contributed by atoms with Crippen LogP contribution in [0.3, 0.4) is 0 Å². The van der Waals surface area contributed by atoms with Crippen LogP contribution in [-0.2, 0) is 5.41 Å². The van der Waals surface area contributed by atoms with Gasteiger partial charge in [-0.15, -0.1) is 0 Å². The molecule has 0 amide bonds. The summed E-state index contributed by atoms with van der Waals surface area (Å²) in [5.74, 6) is 0. The van der Waals surface area contributed by atoms with E-state index in [9.17, 15) is 10.5 Å². The lowest BCUT2D eigenvalue weighted by atomic mass is 9.64. The molecule has 0 fully saturated rings. The lowest BCUT2D eigenvalue weighted by molar-refractivity contribution is 0.752. The summed E-state index contributed by atoms with van der Waals surface area (Å²) < 4.78 is 0. The van der Waals surface area contributed by atoms with Gasteiger partial charge in [-0.2, -0.15) is 10.5 Å². The molecule has 194 valence electrons. The molecule has 3 nitrogen and oxygen atoms in total. The third-order valence-electron chi connectivity index (χ3n) is 8.76. The number of hydrogen-bond donors (Lipinski definition) is 0. The van der Waals surface area contributed by atoms with E-state index in [0.29, 0.717) is 11.1 Å². The van der Waals surface area contributed by atoms with E-state index in [1.165, 1.54) is 33.4 Å². The molecule has 3 heteroatoms. The quantitative estimate of drug-likeness (QED) is 0.222. The van der Waals surface area contributed by atoms with Crippen molar-refractivity contribution in [2.75, 3.05) is 4.90 Å². The normalized spacial score (nSPS) is 13.3. The SMILES string of the molecule is N#Cc1ccc(C#N)c(-c2ccc(N3c4ccccc4C4(c5ccccc5-c5ccccc54)c4ccccc43)cc2)c1. The van der Waals surface area contributed by atoms with Crippen LogP contribution in [0.5, 0.6) is 0 Å². The van der Waals surface area contributed by atoms with Gasteiger partial charge in [-0.1, -0.05) is 97.1 Å². The Hall–Kier alpha value is -5.90. The molecule has 0 unspecified atom stereocenters. The van der Waals surface area contributed by atoms with Crippen LogP contribution in [0.1, 0.15) is 33.4 Å². The fraction of sp³-hybridized carbons (Fsp3) is 0.0256. The van der Waals surface area contributed by atoms with Gasteiger partial charge < -0.3 is 4.90 Å². The molecule has 6 aromatic carbocycles. The Morgan fingerprint density at radius 1 is 0.476 bits per heavy atom. The van der Waals surface area contributed by atoms with Gasteiger partial charge in [0.15, 0.2) is 0 Å². The number of fused-ring (bicyclic) bond motifs is 9. The first-order chi connectivity index (χ1) is 20.8. The van der Waals surface area contributed by atoms with Crippen LogP contribution in [0.2, 0.25) is 0 Å². The molecule has 1 spiro atoms. The van der Waals surface area contributed by atoms with E-state index >= 15 is 0 Å². The number of nitriles is 2. The van der Waals surface area contributed by atoms with E-state index in [-0.39, 0.29) is 0 Å². The molecule has 6 aromatic rings. The molecule has 0 saturated carbocycles. The second-order valence-electron chi connectivity index (χ2n) is 10.7. The standard InChI is InChI=1S/C39H23N3/c40-24-26-17-18-28(25-41)32(23-26)27-19-21-29(22-20-27)42-37-15-7-5-13-35(37)39(36-14-6-8-16-38(36)42)33-11-3-1-9-30(33)31-10-2-4-12-34(31)39/h1-23H. The monoisotopic (exact) mass is 533 g/mol. The number of anilines is 3. The molecular weight excluding hydrogens is 510 g/mol. The van der Waals surface area contributed by atoms with Crippen LogP contribution in [0.25, 0.3) is 22.3 Å². The lowest BCUT2D eigenvalue weighted by Crippen LogP contribution is -2.36. The van der Waals surface area contributed by atoms with E-state index in [2.05, 4.69) is 126 Å². The zero-order valence-electron chi connectivity index (χ0n) is 22.6. The van der Waals surface area contributed by atoms with Crippen molar-refractivity contribution in [3.63, 3.8) is 0 Å². The predicted molar refractivity (Wildman–Crippen MR) is 167 cm³/mol. The summed E-state index contributed by atoms with van der Waals surface area (Å²) in [5.41, 5.74) is 13.3. The number of hydrogen-bond acceptors (Lipinski definition) is 3. The van der Waals surface area contributed by atoms with Crippen molar-refractivity contribution in [2.45, 2.75) is 5.41 Å². The van der Waals surface area contributed by atoms with Crippen LogP contribution in [-0.4, -0.2) is 0 Å². The zero-order chi connectivity index (χ0) is 28.3. The Balaban J connectivity index is 1.36. The van der Waals surface area contributed by atoms with Gasteiger partial charge in [0.2, 0.25) is 0 Å². The van der Waals surface area contributed by atoms with Crippen LogP contribution in [0.15, 0.2) is 140 Å². The Morgan fingerprint density at radius 3 is 1.55 bits per heavy atom. The fourth-order valence-corrected chi connectivity index (χ4v) is 7.08. The summed E-state index contributed by atoms with van der Waals surface area (Å²) in [6.07, 6.45) is 0. The number of nitrogens with zero attached hydrogens (tertiary/aromatic N) is 3. The summed E-state index contributed by atoms with van der Waals surface area (Å²) in [4.78, 5) is 2.35. The first-order valence-corrected chi connectivity index (χ1v) is 14.0. The Kier molecular flexibility index (Phi) is 5.17. The minimum Gasteiger partial charge on any atom is -0.310 e. The highest BCUT2D eigenvalue weighted by Crippen LogP contribution is 2.63. The van der Waals surface area contributed by atoms with Crippen LogP contribution in [0.4, 0.5) is 17.1 Å². The second-order valence-corrected chi connectivity index (χ2v) is 10.7. The molecule has 0 N–H and O–H groups in total. The van der Waals surface area contributed by atoms with Crippen molar-refractivity contribution in [2.24, 2.45) is 0 Å². The summed E-state index contributed by atoms with van der Waals surface area (Å²) in [6.45, 7) is 0. The molecule has 0 aromatic heterocycles. The maximum atomic E-state index is 9.72. The van der Waals surface area contributed by atoms with Gasteiger partial charge in [-0.25, -0.2) is 0 Å². The molecule has 0 atom stereocenters. The van der Waals surface area contributed by atoms with Crippen LogP contribution < -0.4 is 4.90 Å². The molecule has 1 aliphatic carbocycles. The molecule has 0 radical (unpaired) electrons. The molecule has 1 heterocycles. The average molecular weight is 534 g/mol. The van der Waals surface area contributed by atoms with Gasteiger partial charge in [0.05, 0.1) is 40.1 Å². The van der Waals surface area contributed by atoms with Gasteiger partial charge in [0.1, 0.15) is 0 Å². The Labute approximate surface area is 244 Å². The highest BCUT2D eigenvalue weighted by Gasteiger charge is 2.51. The van der Waals surface area contributed by atoms with Crippen LogP contribution >= 0.6 is 0 Å². The van der Waals surface area contributed by atoms with Gasteiger partial charge in [-0.3, -0.25) is 0 Å². The molecular formula is C39H23N3. The van der Waals surface area contributed by atoms with Crippen LogP contribution in [0, 0.1) is 22.7 Å². The Morgan fingerprint density at radius 2 is 1.00 bits per heavy atom. The van der Waals surface area contributed by atoms with E-state index < -0.39 is 5.41 Å². The first-order valence-electron chi connectivity index (χ1n) is 14.0. The number of para-hydroxylation sites is 2. The van der Waals surface area contributed by atoms with Crippen molar-refractivity contribution < 1.29 is 0 Å². The van der Waals surface area contributed by atoms with Crippen molar-refractivity contribution in [1.82, 2.24) is 0 Å². The lowest BCUT2D eigenvalue weighted by Gasteiger charge is -2.45. The minimum absolute atomic E-state index is 0.434. The van der Waals surface area contributed by atoms with Crippen molar-refractivity contribution >= 4 is 17.1 Å². The summed E-state index contributed by atoms with van der Waals surface area (Å²) in [6, 6.07) is 53.1. The maximum Gasteiger partial charge on any atom is 0.0998 e. The van der Waals surface area contributed by atoms with Gasteiger partial charge in [0.25, 0.3) is 0 Å². The third-order valence-corrected chi connectivity index (χ3v) is 8.76. The second kappa shape index (κ2) is 9.07. The molecule has 0 saturated heterocycles. The highest BCUT2D eigenvalue weighted by molar-refractivity contribution is 5.95. The van der Waals surface area contributed by atoms with E-state index in [4.69, 9.17) is 0 Å². The zero-order valence-corrected chi connectivity index (χ0v) is 22.6. The first kappa shape index (κ1) is 23.9. The molecule has 0 bridgehead atoms. The largest absolute Gasteiger partial charge is 0.310 e. The molecule has 8 rings (SSSR count). The van der Waals surface area contributed by atoms with E-state index in [1.54, 1.807) is 18.2 Å². The maximum absolute atomic E-state index is 9.72. The van der Waals surface area contributed by atoms with Crippen molar-refractivity contribution in [3.8, 4) is 34.4 Å². The van der Waals surface area contributed by atoms with Crippen molar-refractivity contribution in [1.29, 1.82) is 10.5 Å². The molecule has 1 aliphatic heterocycles. The molecule has 42 heavy (non-hydrogen) atoms. The molecule has 2 aliphatic rings. The van der Waals surface area contributed by atoms with Crippen molar-refractivity contribution in [3.05, 3.63) is 173 Å². The predicted octanol–water partition coefficient (Wildman–Crippen LogP) is 9.24. The number of rotatable bonds is 2. The number of benzene rings is 6. The van der Waals surface area contributed by atoms with Gasteiger partial charge in [0, 0.05) is 11.3 Å². The topological polar surface area (TPSA) is 50.8 Å². The van der Waals surface area contributed by atoms with E-state index in [1.807, 2.05) is 12.1 Å². The van der Waals surface area contributed by atoms with Gasteiger partial charge >= 0.3 is 0 Å². The van der Waals surface area contributed by atoms with E-state index in [0.717, 1.165) is 28.2 Å². The average Bonchev–Trinajstić information content (AvgIpc) is 3.36. The summed E-state index contributed by atoms with van der Waals surface area (Å²) >= 11 is 0. The Bertz CT molecular complexity index is 2030. The van der Waals surface area contributed by atoms with Gasteiger partial charge in [-0.05, 0) is 81.4 Å². The summed E-state index contributed by atoms with van der Waals surface area (Å²) in [5, 5.41) is 19.2. The highest BCUT2D eigenvalue weighted by atomic mass is 15.2. The third kappa shape index (κ3) is 3.14. The summed E-state index contributed by atoms with van der Waals surface area (Å²) in [7, 11) is 0. The fourth-order valence-electron chi connectivity index (χ4n) is 7.08. The minimum atomic E-state index is -0.434.